The van der Waals surface area contributed by atoms with Gasteiger partial charge >= 0.3 is 5.97 Å². The predicted molar refractivity (Wildman–Crippen MR) is 60.8 cm³/mol. The summed E-state index contributed by atoms with van der Waals surface area (Å²) in [7, 11) is 0. The Morgan fingerprint density at radius 1 is 1.53 bits per heavy atom. The molecule has 0 aromatic heterocycles. The van der Waals surface area contributed by atoms with Gasteiger partial charge in [-0.15, -0.1) is 0 Å². The zero-order valence-corrected chi connectivity index (χ0v) is 10.2. The van der Waals surface area contributed by atoms with Crippen molar-refractivity contribution in [2.24, 2.45) is 11.8 Å². The first-order chi connectivity index (χ1) is 6.99. The Labute approximate surface area is 92.5 Å². The Morgan fingerprint density at radius 3 is 2.47 bits per heavy atom. The van der Waals surface area contributed by atoms with Crippen LogP contribution >= 0.6 is 0 Å². The second-order valence-electron chi connectivity index (χ2n) is 4.93. The molecule has 0 aromatic carbocycles. The van der Waals surface area contributed by atoms with Crippen molar-refractivity contribution in [3.05, 3.63) is 0 Å². The van der Waals surface area contributed by atoms with Gasteiger partial charge in [0, 0.05) is 12.1 Å². The minimum Gasteiger partial charge on any atom is -0.481 e. The lowest BCUT2D eigenvalue weighted by molar-refractivity contribution is -0.142. The van der Waals surface area contributed by atoms with Gasteiger partial charge in [-0.25, -0.2) is 0 Å². The van der Waals surface area contributed by atoms with Crippen molar-refractivity contribution in [1.82, 2.24) is 4.90 Å². The normalized spacial score (nSPS) is 29.7. The number of carboxylic acid groups (broad SMARTS) is 1. The number of hydrogen-bond donors (Lipinski definition) is 1. The number of carboxylic acids is 1. The quantitative estimate of drug-likeness (QED) is 0.778. The summed E-state index contributed by atoms with van der Waals surface area (Å²) >= 11 is 0. The summed E-state index contributed by atoms with van der Waals surface area (Å²) in [5, 5.41) is 9.07. The van der Waals surface area contributed by atoms with Crippen molar-refractivity contribution in [3.63, 3.8) is 0 Å². The fourth-order valence-electron chi connectivity index (χ4n) is 2.85. The van der Waals surface area contributed by atoms with Crippen LogP contribution in [0.2, 0.25) is 0 Å². The average Bonchev–Trinajstić information content (AvgIpc) is 2.49. The molecule has 1 rings (SSSR count). The van der Waals surface area contributed by atoms with E-state index < -0.39 is 5.97 Å². The molecule has 1 aliphatic heterocycles. The van der Waals surface area contributed by atoms with Crippen LogP contribution in [0, 0.1) is 11.8 Å². The number of rotatable bonds is 4. The lowest BCUT2D eigenvalue weighted by Crippen LogP contribution is -2.43. The Morgan fingerprint density at radius 2 is 2.13 bits per heavy atom. The largest absolute Gasteiger partial charge is 0.481 e. The second-order valence-corrected chi connectivity index (χ2v) is 4.93. The molecule has 0 aliphatic carbocycles. The zero-order valence-electron chi connectivity index (χ0n) is 10.2. The Kier molecular flexibility index (Phi) is 4.14. The number of likely N-dealkylation sites (tertiary alicyclic amines) is 1. The standard InChI is InChI=1S/C12H23NO2/c1-5-11(8(2)3)13-7-6-10(9(13)4)12(14)15/h8-11H,5-7H2,1-4H3,(H,14,15). The maximum atomic E-state index is 11.0. The zero-order chi connectivity index (χ0) is 11.6. The highest BCUT2D eigenvalue weighted by Gasteiger charge is 2.38. The van der Waals surface area contributed by atoms with E-state index in [4.69, 9.17) is 5.11 Å². The number of hydrogen-bond acceptors (Lipinski definition) is 2. The van der Waals surface area contributed by atoms with Gasteiger partial charge in [-0.2, -0.15) is 0 Å². The van der Waals surface area contributed by atoms with E-state index >= 15 is 0 Å². The third-order valence-corrected chi connectivity index (χ3v) is 3.73. The van der Waals surface area contributed by atoms with Gasteiger partial charge < -0.3 is 5.11 Å². The summed E-state index contributed by atoms with van der Waals surface area (Å²) in [5.74, 6) is -0.202. The van der Waals surface area contributed by atoms with Crippen molar-refractivity contribution in [1.29, 1.82) is 0 Å². The minimum atomic E-state index is -0.636. The Bertz CT molecular complexity index is 228. The van der Waals surface area contributed by atoms with Crippen molar-refractivity contribution in [3.8, 4) is 0 Å². The van der Waals surface area contributed by atoms with Crippen molar-refractivity contribution < 1.29 is 9.90 Å². The lowest BCUT2D eigenvalue weighted by atomic mass is 9.97. The lowest BCUT2D eigenvalue weighted by Gasteiger charge is -2.34. The summed E-state index contributed by atoms with van der Waals surface area (Å²) in [4.78, 5) is 13.4. The van der Waals surface area contributed by atoms with Crippen LogP contribution in [0.15, 0.2) is 0 Å². The fourth-order valence-corrected chi connectivity index (χ4v) is 2.85. The maximum Gasteiger partial charge on any atom is 0.308 e. The molecule has 3 nitrogen and oxygen atoms in total. The molecule has 0 radical (unpaired) electrons. The molecule has 0 aromatic rings. The summed E-state index contributed by atoms with van der Waals surface area (Å²) in [6.07, 6.45) is 1.91. The van der Waals surface area contributed by atoms with Crippen molar-refractivity contribution >= 4 is 5.97 Å². The molecule has 0 saturated carbocycles. The fraction of sp³-hybridized carbons (Fsp3) is 0.917. The van der Waals surface area contributed by atoms with E-state index in [1.807, 2.05) is 0 Å². The molecule has 3 unspecified atom stereocenters. The molecule has 15 heavy (non-hydrogen) atoms. The van der Waals surface area contributed by atoms with Gasteiger partial charge in [-0.1, -0.05) is 20.8 Å². The van der Waals surface area contributed by atoms with Crippen LogP contribution in [-0.4, -0.2) is 34.6 Å². The highest BCUT2D eigenvalue weighted by molar-refractivity contribution is 5.71. The molecule has 0 spiro atoms. The Hall–Kier alpha value is -0.570. The van der Waals surface area contributed by atoms with Gasteiger partial charge in [-0.3, -0.25) is 9.69 Å². The van der Waals surface area contributed by atoms with Gasteiger partial charge in [0.2, 0.25) is 0 Å². The van der Waals surface area contributed by atoms with Gasteiger partial charge in [0.15, 0.2) is 0 Å². The van der Waals surface area contributed by atoms with E-state index in [1.54, 1.807) is 0 Å². The molecule has 3 heteroatoms. The molecule has 3 atom stereocenters. The van der Waals surface area contributed by atoms with E-state index in [2.05, 4.69) is 32.6 Å². The van der Waals surface area contributed by atoms with Crippen LogP contribution in [-0.2, 0) is 4.79 Å². The highest BCUT2D eigenvalue weighted by atomic mass is 16.4. The van der Waals surface area contributed by atoms with Gasteiger partial charge in [0.05, 0.1) is 5.92 Å². The molecular formula is C12H23NO2. The van der Waals surface area contributed by atoms with Crippen LogP contribution < -0.4 is 0 Å². The summed E-state index contributed by atoms with van der Waals surface area (Å²) in [6, 6.07) is 0.721. The molecule has 1 N–H and O–H groups in total. The average molecular weight is 213 g/mol. The van der Waals surface area contributed by atoms with Crippen molar-refractivity contribution in [2.45, 2.75) is 52.6 Å². The van der Waals surface area contributed by atoms with Crippen LogP contribution in [0.1, 0.15) is 40.5 Å². The Balaban J connectivity index is 2.69. The van der Waals surface area contributed by atoms with Crippen LogP contribution in [0.25, 0.3) is 0 Å². The summed E-state index contributed by atoms with van der Waals surface area (Å²) < 4.78 is 0. The summed E-state index contributed by atoms with van der Waals surface area (Å²) in [6.45, 7) is 9.61. The van der Waals surface area contributed by atoms with E-state index in [0.717, 1.165) is 19.4 Å². The topological polar surface area (TPSA) is 40.5 Å². The molecule has 0 bridgehead atoms. The molecule has 1 fully saturated rings. The van der Waals surface area contributed by atoms with E-state index in [1.165, 1.54) is 0 Å². The molecule has 1 saturated heterocycles. The predicted octanol–water partition coefficient (Wildman–Crippen LogP) is 2.22. The first kappa shape index (κ1) is 12.5. The van der Waals surface area contributed by atoms with Crippen molar-refractivity contribution in [2.75, 3.05) is 6.54 Å². The van der Waals surface area contributed by atoms with Crippen LogP contribution in [0.5, 0.6) is 0 Å². The van der Waals surface area contributed by atoms with E-state index in [0.29, 0.717) is 12.0 Å². The molecule has 1 aliphatic rings. The highest BCUT2D eigenvalue weighted by Crippen LogP contribution is 2.29. The first-order valence-corrected chi connectivity index (χ1v) is 5.97. The number of nitrogens with zero attached hydrogens (tertiary/aromatic N) is 1. The molecule has 1 heterocycles. The van der Waals surface area contributed by atoms with Crippen LogP contribution in [0.3, 0.4) is 0 Å². The SMILES string of the molecule is CCC(C(C)C)N1CCC(C(=O)O)C1C. The number of carbonyl (C=O) groups is 1. The van der Waals surface area contributed by atoms with Gasteiger partial charge in [0.25, 0.3) is 0 Å². The smallest absolute Gasteiger partial charge is 0.308 e. The van der Waals surface area contributed by atoms with E-state index in [9.17, 15) is 4.79 Å². The first-order valence-electron chi connectivity index (χ1n) is 5.97. The minimum absolute atomic E-state index is 0.169. The maximum absolute atomic E-state index is 11.0. The summed E-state index contributed by atoms with van der Waals surface area (Å²) in [5.41, 5.74) is 0. The van der Waals surface area contributed by atoms with Gasteiger partial charge in [0.1, 0.15) is 0 Å². The van der Waals surface area contributed by atoms with Gasteiger partial charge in [-0.05, 0) is 32.2 Å². The van der Waals surface area contributed by atoms with Crippen LogP contribution in [0.4, 0.5) is 0 Å². The third kappa shape index (κ3) is 2.51. The second kappa shape index (κ2) is 4.97. The third-order valence-electron chi connectivity index (χ3n) is 3.73. The van der Waals surface area contributed by atoms with E-state index in [-0.39, 0.29) is 12.0 Å². The number of aliphatic carboxylic acids is 1. The molecule has 0 amide bonds. The monoisotopic (exact) mass is 213 g/mol. The molecular weight excluding hydrogens is 190 g/mol. The molecule has 88 valence electrons.